The third-order valence-electron chi connectivity index (χ3n) is 4.08. The molecule has 2 aromatic heterocycles. The number of nitrogens with one attached hydrogen (secondary N) is 1. The van der Waals surface area contributed by atoms with Crippen LogP contribution in [0.3, 0.4) is 0 Å². The van der Waals surface area contributed by atoms with Gasteiger partial charge in [-0.1, -0.05) is 31.5 Å². The Bertz CT molecular complexity index is 1070. The zero-order valence-electron chi connectivity index (χ0n) is 18.7. The van der Waals surface area contributed by atoms with Gasteiger partial charge in [0.15, 0.2) is 5.65 Å². The van der Waals surface area contributed by atoms with E-state index in [9.17, 15) is 9.59 Å². The minimum atomic E-state index is -0.626. The minimum absolute atomic E-state index is 0.241. The van der Waals surface area contributed by atoms with Crippen molar-refractivity contribution in [1.82, 2.24) is 19.9 Å². The first kappa shape index (κ1) is 23.1. The summed E-state index contributed by atoms with van der Waals surface area (Å²) in [4.78, 5) is 34.2. The largest absolute Gasteiger partial charge is 0.444 e. The van der Waals surface area contributed by atoms with Crippen LogP contribution in [0.1, 0.15) is 59.0 Å². The van der Waals surface area contributed by atoms with E-state index in [0.29, 0.717) is 22.5 Å². The Morgan fingerprint density at radius 3 is 2.37 bits per heavy atom. The molecule has 1 amide bonds. The van der Waals surface area contributed by atoms with Crippen molar-refractivity contribution in [2.75, 3.05) is 0 Å². The van der Waals surface area contributed by atoms with Gasteiger partial charge in [0.1, 0.15) is 11.4 Å². The number of hydrogen-bond donors (Lipinski definition) is 1. The second-order valence-electron chi connectivity index (χ2n) is 7.69. The number of aryl methyl sites for hydroxylation is 1. The minimum Gasteiger partial charge on any atom is -0.444 e. The lowest BCUT2D eigenvalue weighted by molar-refractivity contribution is 0.0505. The Labute approximate surface area is 177 Å². The monoisotopic (exact) mass is 410 g/mol. The van der Waals surface area contributed by atoms with Crippen LogP contribution in [0.4, 0.5) is 4.79 Å². The number of ether oxygens (including phenoxy) is 1. The van der Waals surface area contributed by atoms with Crippen LogP contribution in [-0.4, -0.2) is 26.2 Å². The van der Waals surface area contributed by atoms with E-state index < -0.39 is 17.7 Å². The highest BCUT2D eigenvalue weighted by Gasteiger charge is 2.23. The zero-order valence-corrected chi connectivity index (χ0v) is 18.7. The van der Waals surface area contributed by atoms with E-state index in [2.05, 4.69) is 15.3 Å². The molecule has 1 unspecified atom stereocenters. The molecule has 1 N–H and O–H groups in total. The molecule has 0 fully saturated rings. The lowest BCUT2D eigenvalue weighted by atomic mass is 10.2. The Morgan fingerprint density at radius 1 is 1.13 bits per heavy atom. The third-order valence-corrected chi connectivity index (χ3v) is 4.08. The van der Waals surface area contributed by atoms with Gasteiger partial charge in [0.05, 0.1) is 17.1 Å². The predicted molar refractivity (Wildman–Crippen MR) is 119 cm³/mol. The highest BCUT2D eigenvalue weighted by atomic mass is 16.6. The lowest BCUT2D eigenvalue weighted by Gasteiger charge is -2.23. The van der Waals surface area contributed by atoms with Crippen molar-refractivity contribution in [2.24, 2.45) is 0 Å². The highest BCUT2D eigenvalue weighted by molar-refractivity contribution is 5.74. The SMILES string of the molecule is CC.Cc1ccc(-n2c(C(C)NC(=O)OC(C)(C)C)nc3ncccc3c2=O)cc1. The molecule has 2 heterocycles. The second-order valence-corrected chi connectivity index (χ2v) is 7.69. The van der Waals surface area contributed by atoms with Crippen molar-refractivity contribution in [2.45, 2.75) is 60.1 Å². The smallest absolute Gasteiger partial charge is 0.408 e. The fraction of sp³-hybridized carbons (Fsp3) is 0.391. The molecule has 0 saturated heterocycles. The molecule has 3 aromatic rings. The summed E-state index contributed by atoms with van der Waals surface area (Å²) in [5.41, 5.74) is 1.22. The van der Waals surface area contributed by atoms with E-state index in [1.165, 1.54) is 4.57 Å². The van der Waals surface area contributed by atoms with Gasteiger partial charge in [0, 0.05) is 6.20 Å². The molecule has 7 nitrogen and oxygen atoms in total. The number of benzene rings is 1. The first-order chi connectivity index (χ1) is 14.2. The predicted octanol–water partition coefficient (Wildman–Crippen LogP) is 4.70. The Kier molecular flexibility index (Phi) is 7.32. The highest BCUT2D eigenvalue weighted by Crippen LogP contribution is 2.18. The van der Waals surface area contributed by atoms with Crippen LogP contribution in [0.25, 0.3) is 16.7 Å². The summed E-state index contributed by atoms with van der Waals surface area (Å²) in [6, 6.07) is 10.4. The molecule has 160 valence electrons. The summed E-state index contributed by atoms with van der Waals surface area (Å²) in [6.07, 6.45) is 1.01. The van der Waals surface area contributed by atoms with Crippen LogP contribution in [0, 0.1) is 6.92 Å². The summed E-state index contributed by atoms with van der Waals surface area (Å²) in [5, 5.41) is 3.17. The molecule has 7 heteroatoms. The van der Waals surface area contributed by atoms with Crippen molar-refractivity contribution in [1.29, 1.82) is 0 Å². The number of alkyl carbamates (subject to hydrolysis) is 1. The quantitative estimate of drug-likeness (QED) is 0.676. The van der Waals surface area contributed by atoms with Crippen LogP contribution in [0.5, 0.6) is 0 Å². The fourth-order valence-electron chi connectivity index (χ4n) is 2.82. The van der Waals surface area contributed by atoms with Crippen molar-refractivity contribution in [3.8, 4) is 5.69 Å². The van der Waals surface area contributed by atoms with Gasteiger partial charge in [-0.05, 0) is 58.9 Å². The van der Waals surface area contributed by atoms with Crippen LogP contribution in [0.2, 0.25) is 0 Å². The van der Waals surface area contributed by atoms with Gasteiger partial charge in [0.25, 0.3) is 5.56 Å². The summed E-state index contributed by atoms with van der Waals surface area (Å²) in [5.74, 6) is 0.380. The van der Waals surface area contributed by atoms with Crippen molar-refractivity contribution in [3.63, 3.8) is 0 Å². The summed E-state index contributed by atoms with van der Waals surface area (Å²) in [6.45, 7) is 13.1. The molecule has 1 atom stereocenters. The van der Waals surface area contributed by atoms with Crippen molar-refractivity contribution < 1.29 is 9.53 Å². The van der Waals surface area contributed by atoms with Crippen LogP contribution in [0.15, 0.2) is 47.4 Å². The average Bonchev–Trinajstić information content (AvgIpc) is 2.69. The Balaban J connectivity index is 0.00000155. The normalized spacial score (nSPS) is 12.0. The molecule has 0 aliphatic carbocycles. The van der Waals surface area contributed by atoms with Crippen LogP contribution in [-0.2, 0) is 4.74 Å². The lowest BCUT2D eigenvalue weighted by Crippen LogP contribution is -2.37. The second kappa shape index (κ2) is 9.52. The average molecular weight is 411 g/mol. The van der Waals surface area contributed by atoms with E-state index in [1.807, 2.05) is 45.0 Å². The first-order valence-electron chi connectivity index (χ1n) is 10.1. The number of nitrogens with zero attached hydrogens (tertiary/aromatic N) is 3. The number of fused-ring (bicyclic) bond motifs is 1. The Morgan fingerprint density at radius 2 is 1.77 bits per heavy atom. The van der Waals surface area contributed by atoms with Crippen LogP contribution < -0.4 is 10.9 Å². The van der Waals surface area contributed by atoms with E-state index in [1.54, 1.807) is 46.0 Å². The molecular weight excluding hydrogens is 380 g/mol. The number of pyridine rings is 1. The number of aromatic nitrogens is 3. The number of rotatable bonds is 3. The maximum absolute atomic E-state index is 13.2. The number of carbonyl (C=O) groups excluding carboxylic acids is 1. The van der Waals surface area contributed by atoms with Crippen LogP contribution >= 0.6 is 0 Å². The van der Waals surface area contributed by atoms with Gasteiger partial charge < -0.3 is 10.1 Å². The molecule has 0 aliphatic heterocycles. The molecule has 30 heavy (non-hydrogen) atoms. The van der Waals surface area contributed by atoms with Gasteiger partial charge in [-0.2, -0.15) is 0 Å². The summed E-state index contributed by atoms with van der Waals surface area (Å²) < 4.78 is 6.83. The molecule has 3 rings (SSSR count). The third kappa shape index (κ3) is 5.43. The standard InChI is InChI=1S/C21H24N4O3.C2H6/c1-13-8-10-15(11-9-13)25-18(14(2)23-20(27)28-21(3,4)5)24-17-16(19(25)26)7-6-12-22-17;1-2/h6-12,14H,1-5H3,(H,23,27);1-2H3. The molecule has 1 aromatic carbocycles. The molecule has 0 spiro atoms. The summed E-state index contributed by atoms with van der Waals surface area (Å²) >= 11 is 0. The van der Waals surface area contributed by atoms with Gasteiger partial charge >= 0.3 is 6.09 Å². The van der Waals surface area contributed by atoms with E-state index >= 15 is 0 Å². The molecule has 0 saturated carbocycles. The van der Waals surface area contributed by atoms with Gasteiger partial charge in [-0.25, -0.2) is 14.8 Å². The first-order valence-corrected chi connectivity index (χ1v) is 10.1. The number of carbonyl (C=O) groups is 1. The zero-order chi connectivity index (χ0) is 22.5. The topological polar surface area (TPSA) is 86.1 Å². The van der Waals surface area contributed by atoms with Gasteiger partial charge in [0.2, 0.25) is 0 Å². The van der Waals surface area contributed by atoms with Crippen molar-refractivity contribution in [3.05, 3.63) is 64.3 Å². The van der Waals surface area contributed by atoms with E-state index in [4.69, 9.17) is 4.74 Å². The van der Waals surface area contributed by atoms with Gasteiger partial charge in [-0.3, -0.25) is 9.36 Å². The number of amides is 1. The summed E-state index contributed by atoms with van der Waals surface area (Å²) in [7, 11) is 0. The molecule has 0 aliphatic rings. The maximum Gasteiger partial charge on any atom is 0.408 e. The molecule has 0 radical (unpaired) electrons. The fourth-order valence-corrected chi connectivity index (χ4v) is 2.82. The molecule has 0 bridgehead atoms. The van der Waals surface area contributed by atoms with E-state index in [-0.39, 0.29) is 5.56 Å². The maximum atomic E-state index is 13.2. The number of hydrogen-bond acceptors (Lipinski definition) is 5. The van der Waals surface area contributed by atoms with Gasteiger partial charge in [-0.15, -0.1) is 0 Å². The van der Waals surface area contributed by atoms with Crippen molar-refractivity contribution >= 4 is 17.1 Å². The van der Waals surface area contributed by atoms with E-state index in [0.717, 1.165) is 5.56 Å². The molecular formula is C23H30N4O3. The Hall–Kier alpha value is -3.22.